The Morgan fingerprint density at radius 1 is 1.33 bits per heavy atom. The largest absolute Gasteiger partial charge is 0.298 e. The molecule has 0 amide bonds. The maximum atomic E-state index is 10.3. The van der Waals surface area contributed by atoms with Gasteiger partial charge in [0, 0.05) is 11.6 Å². The highest BCUT2D eigenvalue weighted by Gasteiger charge is 1.89. The summed E-state index contributed by atoms with van der Waals surface area (Å²) in [5.74, 6) is 0. The number of carbonyl (C=O) groups is 1. The molecule has 0 aromatic heterocycles. The summed E-state index contributed by atoms with van der Waals surface area (Å²) in [6.45, 7) is 0. The lowest BCUT2D eigenvalue weighted by atomic mass is 10.1. The van der Waals surface area contributed by atoms with Gasteiger partial charge in [-0.2, -0.15) is 5.26 Å². The molecule has 0 bridgehead atoms. The topological polar surface area (TPSA) is 40.9 Å². The number of hydrogen-bond donors (Lipinski definition) is 0. The van der Waals surface area contributed by atoms with Crippen molar-refractivity contribution in [1.82, 2.24) is 0 Å². The third-order valence-electron chi connectivity index (χ3n) is 1.40. The van der Waals surface area contributed by atoms with Gasteiger partial charge < -0.3 is 0 Å². The van der Waals surface area contributed by atoms with Crippen LogP contribution >= 0.6 is 0 Å². The fraction of sp³-hybridized carbons (Fsp3) is 0. The Bertz CT molecular complexity index is 347. The zero-order valence-corrected chi connectivity index (χ0v) is 6.40. The Morgan fingerprint density at radius 2 is 2.08 bits per heavy atom. The van der Waals surface area contributed by atoms with Crippen molar-refractivity contribution in [3.63, 3.8) is 0 Å². The van der Waals surface area contributed by atoms with Crippen LogP contribution in [0.2, 0.25) is 0 Å². The van der Waals surface area contributed by atoms with Crippen LogP contribution in [0.1, 0.15) is 15.9 Å². The normalized spacial score (nSPS) is 9.58. The molecule has 12 heavy (non-hydrogen) atoms. The molecule has 0 heterocycles. The lowest BCUT2D eigenvalue weighted by Gasteiger charge is -1.92. The number of benzene rings is 1. The van der Waals surface area contributed by atoms with E-state index in [9.17, 15) is 4.79 Å². The minimum atomic E-state index is 0.620. The van der Waals surface area contributed by atoms with Gasteiger partial charge in [0.25, 0.3) is 0 Å². The maximum Gasteiger partial charge on any atom is 0.150 e. The van der Waals surface area contributed by atoms with Crippen LogP contribution in [0.3, 0.4) is 0 Å². The van der Waals surface area contributed by atoms with Gasteiger partial charge in [-0.3, -0.25) is 4.79 Å². The van der Waals surface area contributed by atoms with Crippen molar-refractivity contribution in [2.45, 2.75) is 0 Å². The van der Waals surface area contributed by atoms with Crippen LogP contribution in [0.5, 0.6) is 0 Å². The summed E-state index contributed by atoms with van der Waals surface area (Å²) in [6.07, 6.45) is 3.82. The quantitative estimate of drug-likeness (QED) is 0.487. The fourth-order valence-electron chi connectivity index (χ4n) is 0.869. The first-order valence-electron chi connectivity index (χ1n) is 3.48. The van der Waals surface area contributed by atoms with E-state index in [1.165, 1.54) is 6.08 Å². The Kier molecular flexibility index (Phi) is 2.80. The molecule has 0 unspecified atom stereocenters. The Morgan fingerprint density at radius 3 is 2.75 bits per heavy atom. The van der Waals surface area contributed by atoms with Crippen LogP contribution < -0.4 is 0 Å². The number of carbonyl (C=O) groups excluding carboxylic acids is 1. The van der Waals surface area contributed by atoms with Gasteiger partial charge in [-0.1, -0.05) is 18.2 Å². The van der Waals surface area contributed by atoms with Crippen molar-refractivity contribution in [1.29, 1.82) is 5.26 Å². The zero-order valence-electron chi connectivity index (χ0n) is 6.40. The molecule has 0 radical (unpaired) electrons. The first kappa shape index (κ1) is 8.22. The molecule has 1 rings (SSSR count). The smallest absolute Gasteiger partial charge is 0.150 e. The van der Waals surface area contributed by atoms with Gasteiger partial charge in [0.15, 0.2) is 0 Å². The van der Waals surface area contributed by atoms with Crippen molar-refractivity contribution in [2.75, 3.05) is 0 Å². The van der Waals surface area contributed by atoms with Gasteiger partial charge in [0.2, 0.25) is 0 Å². The summed E-state index contributed by atoms with van der Waals surface area (Å²) in [4.78, 5) is 10.3. The van der Waals surface area contributed by atoms with Gasteiger partial charge in [0.1, 0.15) is 6.29 Å². The number of nitriles is 1. The molecule has 0 atom stereocenters. The maximum absolute atomic E-state index is 10.3. The Balaban J connectivity index is 2.95. The Hall–Kier alpha value is -1.88. The van der Waals surface area contributed by atoms with Gasteiger partial charge in [-0.25, -0.2) is 0 Å². The van der Waals surface area contributed by atoms with E-state index in [1.807, 2.05) is 12.1 Å². The molecule has 0 aliphatic rings. The number of aldehydes is 1. The standard InChI is InChI=1S/C10H7NO/c11-6-2-5-9-3-1-4-10(7-9)8-12/h1-5,7-8H. The van der Waals surface area contributed by atoms with Crippen molar-refractivity contribution in [3.05, 3.63) is 41.5 Å². The van der Waals surface area contributed by atoms with Crippen LogP contribution in [-0.2, 0) is 0 Å². The third-order valence-corrected chi connectivity index (χ3v) is 1.40. The van der Waals surface area contributed by atoms with E-state index in [2.05, 4.69) is 0 Å². The van der Waals surface area contributed by atoms with Crippen molar-refractivity contribution in [2.24, 2.45) is 0 Å². The second-order valence-corrected chi connectivity index (χ2v) is 2.25. The predicted molar refractivity (Wildman–Crippen MR) is 46.5 cm³/mol. The summed E-state index contributed by atoms with van der Waals surface area (Å²) >= 11 is 0. The highest BCUT2D eigenvalue weighted by atomic mass is 16.1. The predicted octanol–water partition coefficient (Wildman–Crippen LogP) is 2.04. The van der Waals surface area contributed by atoms with E-state index < -0.39 is 0 Å². The lowest BCUT2D eigenvalue weighted by Crippen LogP contribution is -1.79. The highest BCUT2D eigenvalue weighted by Crippen LogP contribution is 2.04. The van der Waals surface area contributed by atoms with E-state index in [4.69, 9.17) is 5.26 Å². The molecule has 0 aliphatic carbocycles. The van der Waals surface area contributed by atoms with Gasteiger partial charge in [-0.05, 0) is 17.7 Å². The molecule has 0 saturated carbocycles. The van der Waals surface area contributed by atoms with Crippen molar-refractivity contribution < 1.29 is 4.79 Å². The monoisotopic (exact) mass is 157 g/mol. The average Bonchev–Trinajstić information content (AvgIpc) is 2.15. The van der Waals surface area contributed by atoms with E-state index in [1.54, 1.807) is 24.3 Å². The average molecular weight is 157 g/mol. The molecule has 0 saturated heterocycles. The number of nitrogens with zero attached hydrogens (tertiary/aromatic N) is 1. The highest BCUT2D eigenvalue weighted by molar-refractivity contribution is 5.76. The summed E-state index contributed by atoms with van der Waals surface area (Å²) in [7, 11) is 0. The molecule has 1 aromatic carbocycles. The van der Waals surface area contributed by atoms with Crippen LogP contribution in [0, 0.1) is 11.3 Å². The lowest BCUT2D eigenvalue weighted by molar-refractivity contribution is 0.112. The second kappa shape index (κ2) is 4.09. The first-order chi connectivity index (χ1) is 5.86. The van der Waals surface area contributed by atoms with Crippen LogP contribution in [-0.4, -0.2) is 6.29 Å². The summed E-state index contributed by atoms with van der Waals surface area (Å²) in [6, 6.07) is 8.94. The van der Waals surface area contributed by atoms with E-state index >= 15 is 0 Å². The molecular weight excluding hydrogens is 150 g/mol. The molecule has 2 heteroatoms. The van der Waals surface area contributed by atoms with E-state index in [-0.39, 0.29) is 0 Å². The molecule has 0 fully saturated rings. The number of allylic oxidation sites excluding steroid dienone is 1. The minimum absolute atomic E-state index is 0.620. The second-order valence-electron chi connectivity index (χ2n) is 2.25. The summed E-state index contributed by atoms with van der Waals surface area (Å²) in [5, 5.41) is 8.25. The number of rotatable bonds is 2. The molecule has 58 valence electrons. The molecular formula is C10H7NO. The zero-order chi connectivity index (χ0) is 8.81. The van der Waals surface area contributed by atoms with Crippen LogP contribution in [0.4, 0.5) is 0 Å². The van der Waals surface area contributed by atoms with Crippen LogP contribution in [0.15, 0.2) is 30.3 Å². The first-order valence-corrected chi connectivity index (χ1v) is 3.48. The van der Waals surface area contributed by atoms with E-state index in [0.717, 1.165) is 11.8 Å². The number of hydrogen-bond acceptors (Lipinski definition) is 2. The molecule has 2 nitrogen and oxygen atoms in total. The van der Waals surface area contributed by atoms with Crippen molar-refractivity contribution in [3.8, 4) is 6.07 Å². The summed E-state index contributed by atoms with van der Waals surface area (Å²) in [5.41, 5.74) is 1.48. The van der Waals surface area contributed by atoms with Gasteiger partial charge >= 0.3 is 0 Å². The SMILES string of the molecule is N#CC=Cc1cccc(C=O)c1. The third kappa shape index (κ3) is 2.06. The van der Waals surface area contributed by atoms with Gasteiger partial charge in [0.05, 0.1) is 6.07 Å². The van der Waals surface area contributed by atoms with E-state index in [0.29, 0.717) is 5.56 Å². The molecule has 0 spiro atoms. The summed E-state index contributed by atoms with van der Waals surface area (Å²) < 4.78 is 0. The molecule has 0 aliphatic heterocycles. The van der Waals surface area contributed by atoms with Gasteiger partial charge in [-0.15, -0.1) is 0 Å². The van der Waals surface area contributed by atoms with Crippen molar-refractivity contribution >= 4 is 12.4 Å². The molecule has 1 aromatic rings. The molecule has 0 N–H and O–H groups in total. The fourth-order valence-corrected chi connectivity index (χ4v) is 0.869. The van der Waals surface area contributed by atoms with Crippen LogP contribution in [0.25, 0.3) is 6.08 Å². The Labute approximate surface area is 70.8 Å². The minimum Gasteiger partial charge on any atom is -0.298 e.